The predicted octanol–water partition coefficient (Wildman–Crippen LogP) is 10.3. The van der Waals surface area contributed by atoms with Gasteiger partial charge in [-0.1, -0.05) is 27.7 Å². The van der Waals surface area contributed by atoms with Crippen molar-refractivity contribution in [3.05, 3.63) is 75.6 Å². The number of benzene rings is 2. The molecule has 0 aliphatic heterocycles. The maximum absolute atomic E-state index is 11.7. The van der Waals surface area contributed by atoms with E-state index in [2.05, 4.69) is 77.9 Å². The molecule has 0 atom stereocenters. The average Bonchev–Trinajstić information content (AvgIpc) is 3.20. The van der Waals surface area contributed by atoms with Crippen molar-refractivity contribution in [3.8, 4) is 11.3 Å². The van der Waals surface area contributed by atoms with Gasteiger partial charge in [0.15, 0.2) is 5.78 Å². The summed E-state index contributed by atoms with van der Waals surface area (Å²) < 4.78 is 3.15. The first-order valence-electron chi connectivity index (χ1n) is 15.6. The largest absolute Gasteiger partial charge is 0 e. The van der Waals surface area contributed by atoms with E-state index in [1.165, 1.54) is 49.6 Å². The zero-order valence-corrected chi connectivity index (χ0v) is 31.9. The molecule has 235 valence electrons. The summed E-state index contributed by atoms with van der Waals surface area (Å²) in [6.45, 7) is 21.6. The molecule has 3 nitrogen and oxygen atoms in total. The molecule has 0 aliphatic carbocycles. The van der Waals surface area contributed by atoms with Gasteiger partial charge in [0.25, 0.3) is 0 Å². The number of rotatable bonds is 9. The fourth-order valence-corrected chi connectivity index (χ4v) is 8.82. The minimum atomic E-state index is 0. The zero-order chi connectivity index (χ0) is 31.2. The quantitative estimate of drug-likeness (QED) is 0.0792. The van der Waals surface area contributed by atoms with Crippen molar-refractivity contribution in [3.63, 3.8) is 0 Å². The number of hydrogen-bond donors (Lipinski definition) is 1. The average molecular weight is 824 g/mol. The second kappa shape index (κ2) is 16.3. The monoisotopic (exact) mass is 825 g/mol. The molecule has 0 saturated carbocycles. The van der Waals surface area contributed by atoms with Crippen molar-refractivity contribution in [2.24, 2.45) is 17.3 Å². The van der Waals surface area contributed by atoms with Gasteiger partial charge in [0, 0.05) is 38.0 Å². The Morgan fingerprint density at radius 1 is 0.953 bits per heavy atom. The van der Waals surface area contributed by atoms with Gasteiger partial charge < -0.3 is 5.11 Å². The van der Waals surface area contributed by atoms with Crippen LogP contribution in [-0.2, 0) is 31.3 Å². The number of pyridine rings is 1. The Morgan fingerprint density at radius 2 is 1.58 bits per heavy atom. The van der Waals surface area contributed by atoms with Crippen molar-refractivity contribution in [2.45, 2.75) is 101 Å². The summed E-state index contributed by atoms with van der Waals surface area (Å²) in [5.41, 5.74) is 6.41. The van der Waals surface area contributed by atoms with Crippen LogP contribution in [0.3, 0.4) is 0 Å². The Balaban J connectivity index is 0.000000348. The summed E-state index contributed by atoms with van der Waals surface area (Å²) in [5, 5.41) is 13.7. The maximum atomic E-state index is 11.7. The molecule has 0 bridgehead atoms. The van der Waals surface area contributed by atoms with Crippen LogP contribution in [0, 0.1) is 44.1 Å². The van der Waals surface area contributed by atoms with Crippen molar-refractivity contribution in [1.29, 1.82) is 0 Å². The molecule has 2 heterocycles. The third-order valence-electron chi connectivity index (χ3n) is 8.10. The number of allylic oxidation sites excluding steroid dienone is 2. The van der Waals surface area contributed by atoms with E-state index in [0.29, 0.717) is 19.9 Å². The Morgan fingerprint density at radius 3 is 2.14 bits per heavy atom. The number of ketones is 1. The molecule has 4 aromatic rings. The number of aromatic nitrogens is 1. The Hall–Kier alpha value is -2.03. The van der Waals surface area contributed by atoms with E-state index in [0.717, 1.165) is 36.9 Å². The van der Waals surface area contributed by atoms with Crippen LogP contribution in [0.1, 0.15) is 95.3 Å². The molecule has 4 rings (SSSR count). The van der Waals surface area contributed by atoms with Crippen LogP contribution < -0.4 is 0 Å². The Kier molecular flexibility index (Phi) is 14.1. The maximum Gasteiger partial charge on any atom is 0 e. The van der Waals surface area contributed by atoms with Gasteiger partial charge in [-0.15, -0.1) is 0 Å². The fraction of sp³-hybridized carbons (Fsp3) is 0.474. The smallest absolute Gasteiger partial charge is 0 e. The van der Waals surface area contributed by atoms with Gasteiger partial charge in [0.2, 0.25) is 0 Å². The number of hydrogen-bond acceptors (Lipinski definition) is 3. The molecule has 0 amide bonds. The molecule has 0 fully saturated rings. The molecule has 5 heteroatoms. The Labute approximate surface area is 279 Å². The van der Waals surface area contributed by atoms with Crippen molar-refractivity contribution in [1.82, 2.24) is 4.98 Å². The minimum Gasteiger partial charge on any atom is 0 e. The second-order valence-electron chi connectivity index (χ2n) is 12.9. The number of nitrogens with zero attached hydrogens (tertiary/aromatic N) is 1. The number of aliphatic hydroxyl groups excluding tert-OH is 1. The number of carbonyl (C=O) groups excluding carboxylic acids is 1. The predicted molar refractivity (Wildman–Crippen MR) is 182 cm³/mol. The van der Waals surface area contributed by atoms with E-state index in [9.17, 15) is 9.90 Å². The summed E-state index contributed by atoms with van der Waals surface area (Å²) in [4.78, 5) is 16.5. The summed E-state index contributed by atoms with van der Waals surface area (Å²) >= 11 is 0.417. The van der Waals surface area contributed by atoms with Gasteiger partial charge >= 0.3 is 168 Å². The number of fused-ring (bicyclic) bond motifs is 2. The summed E-state index contributed by atoms with van der Waals surface area (Å²) in [7, 11) is 0. The fourth-order valence-electron chi connectivity index (χ4n) is 5.61. The van der Waals surface area contributed by atoms with Crippen LogP contribution in [0.15, 0.2) is 48.4 Å². The van der Waals surface area contributed by atoms with Crippen molar-refractivity contribution in [2.75, 3.05) is 0 Å². The topological polar surface area (TPSA) is 50.2 Å². The summed E-state index contributed by atoms with van der Waals surface area (Å²) in [6.07, 6.45) is 8.02. The SMILES string of the molecule is CCC(CC)C(=O)/C=C(\O)C(CC)CC.Cc1[c-]c(-c2nccc3cc4c(C)c(CC(C)(C)C)[se]c4cc23)cc(C)c1.[Ir]. The number of aliphatic hydroxyl groups is 1. The second-order valence-corrected chi connectivity index (χ2v) is 15.3. The van der Waals surface area contributed by atoms with Crippen LogP contribution in [0.4, 0.5) is 0 Å². The van der Waals surface area contributed by atoms with Crippen LogP contribution in [-0.4, -0.2) is 30.4 Å². The Bertz CT molecular complexity index is 1530. The van der Waals surface area contributed by atoms with Crippen LogP contribution in [0.25, 0.3) is 31.7 Å². The standard InChI is InChI=1S/C25H26NSe.C13H24O2.Ir/c1-15-9-16(2)11-19(10-15)24-21-13-22-20(12-18(21)7-8-26-24)17(3)23(27-22)14-25(4,5)6;1-5-10(6-2)12(14)9-13(15)11(7-3)8-4;/h7-10,12-13H,14H2,1-6H3;9-11,14H,5-8H2,1-4H3;/q-1;;/b;12-9-;. The summed E-state index contributed by atoms with van der Waals surface area (Å²) in [5.74, 6) is 0.547. The van der Waals surface area contributed by atoms with E-state index in [4.69, 9.17) is 4.98 Å². The van der Waals surface area contributed by atoms with Gasteiger partial charge in [-0.2, -0.15) is 0 Å². The summed E-state index contributed by atoms with van der Waals surface area (Å²) in [6, 6.07) is 14.8. The molecule has 2 aromatic heterocycles. The number of carbonyl (C=O) groups is 1. The molecular weight excluding hydrogens is 774 g/mol. The van der Waals surface area contributed by atoms with E-state index in [1.54, 1.807) is 4.44 Å². The van der Waals surface area contributed by atoms with Gasteiger partial charge in [0.1, 0.15) is 0 Å². The third kappa shape index (κ3) is 9.73. The molecule has 1 radical (unpaired) electrons. The van der Waals surface area contributed by atoms with E-state index >= 15 is 0 Å². The molecular formula is C38H50IrNO2Se-. The van der Waals surface area contributed by atoms with Crippen LogP contribution in [0.5, 0.6) is 0 Å². The molecule has 0 spiro atoms. The first kappa shape index (κ1) is 37.2. The van der Waals surface area contributed by atoms with Gasteiger partial charge in [-0.25, -0.2) is 0 Å². The molecule has 1 N–H and O–H groups in total. The zero-order valence-electron chi connectivity index (χ0n) is 27.8. The molecule has 0 saturated heterocycles. The normalized spacial score (nSPS) is 12.0. The van der Waals surface area contributed by atoms with Gasteiger partial charge in [0.05, 0.1) is 5.76 Å². The van der Waals surface area contributed by atoms with Gasteiger partial charge in [-0.3, -0.25) is 4.79 Å². The van der Waals surface area contributed by atoms with E-state index in [-0.39, 0.29) is 43.5 Å². The molecule has 0 aliphatic rings. The molecule has 0 unspecified atom stereocenters. The van der Waals surface area contributed by atoms with Gasteiger partial charge in [-0.05, 0) is 25.7 Å². The van der Waals surface area contributed by atoms with Crippen molar-refractivity contribution >= 4 is 40.7 Å². The van der Waals surface area contributed by atoms with E-state index < -0.39 is 0 Å². The van der Waals surface area contributed by atoms with E-state index in [1.807, 2.05) is 33.9 Å². The molecule has 43 heavy (non-hydrogen) atoms. The first-order valence-corrected chi connectivity index (χ1v) is 17.3. The van der Waals surface area contributed by atoms with Crippen LogP contribution >= 0.6 is 0 Å². The minimum absolute atomic E-state index is 0. The third-order valence-corrected chi connectivity index (χ3v) is 10.7. The van der Waals surface area contributed by atoms with Crippen molar-refractivity contribution < 1.29 is 30.0 Å². The number of aryl methyl sites for hydroxylation is 3. The first-order chi connectivity index (χ1) is 19.8. The van der Waals surface area contributed by atoms with Crippen LogP contribution in [0.2, 0.25) is 0 Å². The molecule has 2 aromatic carbocycles.